The van der Waals surface area contributed by atoms with Gasteiger partial charge in [-0.2, -0.15) is 0 Å². The first-order valence-corrected chi connectivity index (χ1v) is 5.58. The van der Waals surface area contributed by atoms with Gasteiger partial charge >= 0.3 is 0 Å². The molecule has 0 bridgehead atoms. The number of hydrogen-bond acceptors (Lipinski definition) is 3. The van der Waals surface area contributed by atoms with Crippen LogP contribution < -0.4 is 5.73 Å². The van der Waals surface area contributed by atoms with Crippen molar-refractivity contribution in [2.75, 3.05) is 13.7 Å². The molecule has 0 unspecified atom stereocenters. The number of nitrogens with two attached hydrogens (primary N) is 1. The Hall–Kier alpha value is -1.39. The summed E-state index contributed by atoms with van der Waals surface area (Å²) >= 11 is 0. The molecule has 3 N–H and O–H groups in total. The van der Waals surface area contributed by atoms with E-state index < -0.39 is 5.91 Å². The summed E-state index contributed by atoms with van der Waals surface area (Å²) in [6.07, 6.45) is 0. The highest BCUT2D eigenvalue weighted by Crippen LogP contribution is 2.17. The SMILES string of the molecule is CN(Cc1ccccc1C(N)=O)C(C)(C)CO. The normalized spacial score (nSPS) is 11.8. The first-order chi connectivity index (χ1) is 7.88. The molecule has 0 spiro atoms. The van der Waals surface area contributed by atoms with Gasteiger partial charge in [0.15, 0.2) is 0 Å². The number of aliphatic hydroxyl groups is 1. The number of aliphatic hydroxyl groups excluding tert-OH is 1. The van der Waals surface area contributed by atoms with Crippen LogP contribution in [0.15, 0.2) is 24.3 Å². The minimum absolute atomic E-state index is 0.0578. The van der Waals surface area contributed by atoms with Gasteiger partial charge in [-0.05, 0) is 32.5 Å². The average molecular weight is 236 g/mol. The summed E-state index contributed by atoms with van der Waals surface area (Å²) in [7, 11) is 1.91. The molecular formula is C13H20N2O2. The fourth-order valence-corrected chi connectivity index (χ4v) is 1.49. The predicted molar refractivity (Wildman–Crippen MR) is 67.6 cm³/mol. The standard InChI is InChI=1S/C13H20N2O2/c1-13(2,9-16)15(3)8-10-6-4-5-7-11(10)12(14)17/h4-7,16H,8-9H2,1-3H3,(H2,14,17). The molecule has 0 radical (unpaired) electrons. The maximum absolute atomic E-state index is 11.3. The summed E-state index contributed by atoms with van der Waals surface area (Å²) in [6.45, 7) is 4.52. The van der Waals surface area contributed by atoms with Crippen molar-refractivity contribution in [3.63, 3.8) is 0 Å². The Kier molecular flexibility index (Phi) is 4.26. The van der Waals surface area contributed by atoms with Gasteiger partial charge in [0.05, 0.1) is 6.61 Å². The first-order valence-electron chi connectivity index (χ1n) is 5.58. The van der Waals surface area contributed by atoms with Gasteiger partial charge in [-0.1, -0.05) is 18.2 Å². The molecule has 4 nitrogen and oxygen atoms in total. The average Bonchev–Trinajstić information content (AvgIpc) is 2.29. The summed E-state index contributed by atoms with van der Waals surface area (Å²) in [5, 5.41) is 9.29. The van der Waals surface area contributed by atoms with Crippen molar-refractivity contribution in [1.82, 2.24) is 4.90 Å². The third kappa shape index (κ3) is 3.28. The molecule has 1 aromatic rings. The van der Waals surface area contributed by atoms with Gasteiger partial charge in [0.25, 0.3) is 0 Å². The monoisotopic (exact) mass is 236 g/mol. The fraction of sp³-hybridized carbons (Fsp3) is 0.462. The molecule has 0 aliphatic heterocycles. The predicted octanol–water partition coefficient (Wildman–Crippen LogP) is 0.988. The second-order valence-electron chi connectivity index (χ2n) is 4.85. The van der Waals surface area contributed by atoms with Crippen molar-refractivity contribution >= 4 is 5.91 Å². The summed E-state index contributed by atoms with van der Waals surface area (Å²) in [5.74, 6) is -0.421. The molecule has 0 aromatic heterocycles. The number of likely N-dealkylation sites (N-methyl/N-ethyl adjacent to an activating group) is 1. The maximum atomic E-state index is 11.3. The lowest BCUT2D eigenvalue weighted by molar-refractivity contribution is 0.0729. The van der Waals surface area contributed by atoms with Crippen LogP contribution >= 0.6 is 0 Å². The van der Waals surface area contributed by atoms with Gasteiger partial charge in [-0.25, -0.2) is 0 Å². The Morgan fingerprint density at radius 3 is 2.53 bits per heavy atom. The van der Waals surface area contributed by atoms with Crippen LogP contribution in [0.1, 0.15) is 29.8 Å². The quantitative estimate of drug-likeness (QED) is 0.801. The third-order valence-electron chi connectivity index (χ3n) is 3.11. The van der Waals surface area contributed by atoms with Crippen LogP contribution in [0.5, 0.6) is 0 Å². The second-order valence-corrected chi connectivity index (χ2v) is 4.85. The Bertz CT molecular complexity index is 402. The van der Waals surface area contributed by atoms with E-state index in [1.165, 1.54) is 0 Å². The number of primary amides is 1. The van der Waals surface area contributed by atoms with E-state index in [0.29, 0.717) is 12.1 Å². The van der Waals surface area contributed by atoms with E-state index in [1.807, 2.05) is 37.9 Å². The lowest BCUT2D eigenvalue weighted by atomic mass is 10.0. The Morgan fingerprint density at radius 1 is 1.41 bits per heavy atom. The van der Waals surface area contributed by atoms with Crippen molar-refractivity contribution < 1.29 is 9.90 Å². The lowest BCUT2D eigenvalue weighted by Crippen LogP contribution is -2.43. The van der Waals surface area contributed by atoms with Crippen molar-refractivity contribution in [2.24, 2.45) is 5.73 Å². The van der Waals surface area contributed by atoms with Crippen molar-refractivity contribution in [2.45, 2.75) is 25.9 Å². The molecule has 1 rings (SSSR count). The van der Waals surface area contributed by atoms with Crippen LogP contribution in [0.25, 0.3) is 0 Å². The van der Waals surface area contributed by atoms with Gasteiger partial charge in [0, 0.05) is 17.6 Å². The maximum Gasteiger partial charge on any atom is 0.249 e. The molecule has 1 amide bonds. The Balaban J connectivity index is 2.92. The summed E-state index contributed by atoms with van der Waals surface area (Å²) in [5.41, 5.74) is 6.41. The number of amides is 1. The molecule has 0 aliphatic rings. The highest BCUT2D eigenvalue weighted by atomic mass is 16.3. The molecular weight excluding hydrogens is 216 g/mol. The van der Waals surface area contributed by atoms with E-state index in [1.54, 1.807) is 12.1 Å². The largest absolute Gasteiger partial charge is 0.394 e. The fourth-order valence-electron chi connectivity index (χ4n) is 1.49. The van der Waals surface area contributed by atoms with E-state index in [2.05, 4.69) is 0 Å². The molecule has 0 atom stereocenters. The summed E-state index contributed by atoms with van der Waals surface area (Å²) in [4.78, 5) is 13.3. The number of hydrogen-bond donors (Lipinski definition) is 2. The van der Waals surface area contributed by atoms with Crippen LogP contribution in [0.4, 0.5) is 0 Å². The summed E-state index contributed by atoms with van der Waals surface area (Å²) < 4.78 is 0. The minimum atomic E-state index is -0.421. The van der Waals surface area contributed by atoms with Gasteiger partial charge in [-0.15, -0.1) is 0 Å². The van der Waals surface area contributed by atoms with Crippen LogP contribution in [-0.2, 0) is 6.54 Å². The van der Waals surface area contributed by atoms with Crippen molar-refractivity contribution in [3.05, 3.63) is 35.4 Å². The molecule has 1 aromatic carbocycles. The van der Waals surface area contributed by atoms with Crippen LogP contribution in [-0.4, -0.2) is 35.1 Å². The van der Waals surface area contributed by atoms with Crippen LogP contribution in [0.2, 0.25) is 0 Å². The smallest absolute Gasteiger partial charge is 0.249 e. The van der Waals surface area contributed by atoms with Gasteiger partial charge < -0.3 is 10.8 Å². The molecule has 0 aliphatic carbocycles. The first kappa shape index (κ1) is 13.7. The van der Waals surface area contributed by atoms with Crippen LogP contribution in [0.3, 0.4) is 0 Å². The molecule has 0 heterocycles. The van der Waals surface area contributed by atoms with E-state index in [-0.39, 0.29) is 12.1 Å². The molecule has 0 saturated carbocycles. The van der Waals surface area contributed by atoms with Crippen LogP contribution in [0, 0.1) is 0 Å². The molecule has 94 valence electrons. The van der Waals surface area contributed by atoms with Gasteiger partial charge in [0.2, 0.25) is 5.91 Å². The third-order valence-corrected chi connectivity index (χ3v) is 3.11. The Labute approximate surface area is 102 Å². The van der Waals surface area contributed by atoms with Gasteiger partial charge in [-0.3, -0.25) is 9.69 Å². The lowest BCUT2D eigenvalue weighted by Gasteiger charge is -2.34. The molecule has 17 heavy (non-hydrogen) atoms. The number of nitrogens with zero attached hydrogens (tertiary/aromatic N) is 1. The zero-order valence-electron chi connectivity index (χ0n) is 10.6. The number of carbonyl (C=O) groups excluding carboxylic acids is 1. The number of carbonyl (C=O) groups is 1. The summed E-state index contributed by atoms with van der Waals surface area (Å²) in [6, 6.07) is 7.27. The molecule has 0 fully saturated rings. The molecule has 0 saturated heterocycles. The van der Waals surface area contributed by atoms with Gasteiger partial charge in [0.1, 0.15) is 0 Å². The topological polar surface area (TPSA) is 66.6 Å². The Morgan fingerprint density at radius 2 is 2.00 bits per heavy atom. The van der Waals surface area contributed by atoms with E-state index in [9.17, 15) is 9.90 Å². The zero-order valence-corrected chi connectivity index (χ0v) is 10.6. The van der Waals surface area contributed by atoms with E-state index >= 15 is 0 Å². The highest BCUT2D eigenvalue weighted by molar-refractivity contribution is 5.94. The number of benzene rings is 1. The molecule has 4 heteroatoms. The van der Waals surface area contributed by atoms with E-state index in [0.717, 1.165) is 5.56 Å². The van der Waals surface area contributed by atoms with Crippen molar-refractivity contribution in [3.8, 4) is 0 Å². The van der Waals surface area contributed by atoms with E-state index in [4.69, 9.17) is 5.73 Å². The number of rotatable bonds is 5. The minimum Gasteiger partial charge on any atom is -0.394 e. The second kappa shape index (κ2) is 5.29. The zero-order chi connectivity index (χ0) is 13.1. The highest BCUT2D eigenvalue weighted by Gasteiger charge is 2.23. The van der Waals surface area contributed by atoms with Crippen molar-refractivity contribution in [1.29, 1.82) is 0 Å².